The van der Waals surface area contributed by atoms with Crippen LogP contribution in [0, 0.1) is 0 Å². The second-order valence-electron chi connectivity index (χ2n) is 26.8. The van der Waals surface area contributed by atoms with Crippen LogP contribution in [-0.4, -0.2) is 69.4 Å². The normalized spacial score (nSPS) is 14.2. The van der Waals surface area contributed by atoms with Crippen molar-refractivity contribution in [3.8, 4) is 0 Å². The van der Waals surface area contributed by atoms with Crippen molar-refractivity contribution in [3.05, 3.63) is 134 Å². The van der Waals surface area contributed by atoms with Gasteiger partial charge in [-0.2, -0.15) is 0 Å². The van der Waals surface area contributed by atoms with Gasteiger partial charge in [0.05, 0.1) is 33.8 Å². The van der Waals surface area contributed by atoms with Crippen molar-refractivity contribution in [2.75, 3.05) is 40.9 Å². The van der Waals surface area contributed by atoms with E-state index in [0.717, 1.165) is 128 Å². The molecule has 534 valence electrons. The molecular weight excluding hydrogens is 1170 g/mol. The third-order valence-corrected chi connectivity index (χ3v) is 17.5. The molecule has 3 atom stereocenters. The molecule has 0 heterocycles. The number of allylic oxidation sites excluding steroid dienone is 21. The summed E-state index contributed by atoms with van der Waals surface area (Å²) in [4.78, 5) is 40.3. The van der Waals surface area contributed by atoms with Gasteiger partial charge in [-0.1, -0.05) is 322 Å². The van der Waals surface area contributed by atoms with Crippen LogP contribution in [0.3, 0.4) is 0 Å². The van der Waals surface area contributed by atoms with E-state index in [2.05, 4.69) is 148 Å². The van der Waals surface area contributed by atoms with Crippen LogP contribution in [-0.2, 0) is 27.9 Å². The Labute approximate surface area is 575 Å². The third-order valence-electron chi connectivity index (χ3n) is 16.6. The lowest BCUT2D eigenvalue weighted by molar-refractivity contribution is -0.870. The highest BCUT2D eigenvalue weighted by atomic mass is 31.2. The molecule has 0 aromatic carbocycles. The number of phosphoric ester groups is 1. The Hall–Kier alpha value is -3.85. The van der Waals surface area contributed by atoms with Gasteiger partial charge in [-0.15, -0.1) is 0 Å². The predicted molar refractivity (Wildman–Crippen MR) is 403 cm³/mol. The van der Waals surface area contributed by atoms with Crippen molar-refractivity contribution in [2.45, 2.75) is 341 Å². The van der Waals surface area contributed by atoms with Crippen molar-refractivity contribution in [2.24, 2.45) is 0 Å². The molecule has 0 rings (SSSR count). The number of amides is 1. The van der Waals surface area contributed by atoms with Gasteiger partial charge in [-0.05, 0) is 128 Å². The molecule has 1 N–H and O–H groups in total. The number of nitrogens with one attached hydrogen (secondary N) is 1. The van der Waals surface area contributed by atoms with Gasteiger partial charge >= 0.3 is 5.97 Å². The highest BCUT2D eigenvalue weighted by molar-refractivity contribution is 7.45. The van der Waals surface area contributed by atoms with E-state index in [1.165, 1.54) is 161 Å². The zero-order valence-corrected chi connectivity index (χ0v) is 62.1. The summed E-state index contributed by atoms with van der Waals surface area (Å²) in [6.45, 7) is 6.71. The maximum atomic E-state index is 13.7. The monoisotopic (exact) mass is 1310 g/mol. The summed E-state index contributed by atoms with van der Waals surface area (Å²) in [6.07, 6.45) is 101. The van der Waals surface area contributed by atoms with Gasteiger partial charge < -0.3 is 28.5 Å². The zero-order chi connectivity index (χ0) is 67.8. The molecule has 9 nitrogen and oxygen atoms in total. The summed E-state index contributed by atoms with van der Waals surface area (Å²) in [5, 5.41) is 3.05. The number of likely N-dealkylation sites (N-methyl/N-ethyl adjacent to an activating group) is 1. The van der Waals surface area contributed by atoms with Crippen molar-refractivity contribution in [1.82, 2.24) is 5.32 Å². The fourth-order valence-corrected chi connectivity index (χ4v) is 11.4. The van der Waals surface area contributed by atoms with E-state index in [-0.39, 0.29) is 24.9 Å². The van der Waals surface area contributed by atoms with E-state index in [1.807, 2.05) is 33.3 Å². The summed E-state index contributed by atoms with van der Waals surface area (Å²) in [7, 11) is 1.17. The number of hydrogen-bond donors (Lipinski definition) is 1. The van der Waals surface area contributed by atoms with E-state index in [9.17, 15) is 19.0 Å². The number of rotatable bonds is 69. The molecule has 1 amide bonds. The number of carbonyl (C=O) groups is 2. The first-order valence-corrected chi connectivity index (χ1v) is 40.0. The average molecular weight is 1310 g/mol. The van der Waals surface area contributed by atoms with Crippen molar-refractivity contribution < 1.29 is 37.3 Å². The average Bonchev–Trinajstić information content (AvgIpc) is 2.15. The van der Waals surface area contributed by atoms with Crippen molar-refractivity contribution in [1.29, 1.82) is 0 Å². The SMILES string of the molecule is CC/C=C\C/C=C\C/C=C\C/C=C\C/C=C\C/C=C\CCCCCCCCCCC(=O)OC(/C=C/CCCCCCCCCCCCC)C(COP(=O)([O-])OCC[N+](C)(C)C)NC(=O)CCCCCCCCCCCCC/C=C\C/C=C\C/C=C\C/C=C\CCCCC. The van der Waals surface area contributed by atoms with Gasteiger partial charge in [-0.3, -0.25) is 14.2 Å². The predicted octanol–water partition coefficient (Wildman–Crippen LogP) is 24.5. The molecule has 0 aliphatic rings. The highest BCUT2D eigenvalue weighted by Gasteiger charge is 2.27. The number of unbranched alkanes of at least 4 members (excludes halogenated alkanes) is 33. The molecule has 0 fully saturated rings. The van der Waals surface area contributed by atoms with Gasteiger partial charge in [0.15, 0.2) is 0 Å². The van der Waals surface area contributed by atoms with Crippen LogP contribution in [0.4, 0.5) is 0 Å². The van der Waals surface area contributed by atoms with E-state index >= 15 is 0 Å². The number of carbonyl (C=O) groups excluding carboxylic acids is 2. The summed E-state index contributed by atoms with van der Waals surface area (Å²) in [5.41, 5.74) is 0. The minimum absolute atomic E-state index is 0.0303. The first kappa shape index (κ1) is 89.2. The minimum Gasteiger partial charge on any atom is -0.756 e. The number of esters is 1. The number of phosphoric acid groups is 1. The van der Waals surface area contributed by atoms with Gasteiger partial charge in [-0.25, -0.2) is 0 Å². The topological polar surface area (TPSA) is 114 Å². The summed E-state index contributed by atoms with van der Waals surface area (Å²) >= 11 is 0. The molecule has 0 spiro atoms. The fourth-order valence-electron chi connectivity index (χ4n) is 10.7. The molecule has 0 aromatic heterocycles. The summed E-state index contributed by atoms with van der Waals surface area (Å²) < 4.78 is 30.5. The van der Waals surface area contributed by atoms with Crippen LogP contribution < -0.4 is 10.2 Å². The van der Waals surface area contributed by atoms with Crippen LogP contribution in [0.5, 0.6) is 0 Å². The van der Waals surface area contributed by atoms with E-state index in [1.54, 1.807) is 0 Å². The molecule has 0 aromatic rings. The fraction of sp³-hybridized carbons (Fsp3) is 0.711. The molecule has 0 aliphatic carbocycles. The largest absolute Gasteiger partial charge is 0.756 e. The molecule has 0 bridgehead atoms. The minimum atomic E-state index is -4.72. The molecule has 0 radical (unpaired) electrons. The lowest BCUT2D eigenvalue weighted by Crippen LogP contribution is -2.47. The van der Waals surface area contributed by atoms with E-state index in [4.69, 9.17) is 13.8 Å². The van der Waals surface area contributed by atoms with Crippen LogP contribution >= 0.6 is 7.82 Å². The lowest BCUT2D eigenvalue weighted by Gasteiger charge is -2.30. The van der Waals surface area contributed by atoms with Crippen molar-refractivity contribution >= 4 is 19.7 Å². The van der Waals surface area contributed by atoms with Gasteiger partial charge in [0.2, 0.25) is 5.91 Å². The second-order valence-corrected chi connectivity index (χ2v) is 28.2. The van der Waals surface area contributed by atoms with Crippen LogP contribution in [0.15, 0.2) is 134 Å². The number of ether oxygens (including phenoxy) is 1. The lowest BCUT2D eigenvalue weighted by atomic mass is 10.0. The number of quaternary nitrogens is 1. The highest BCUT2D eigenvalue weighted by Crippen LogP contribution is 2.38. The van der Waals surface area contributed by atoms with Gasteiger partial charge in [0.25, 0.3) is 7.82 Å². The Morgan fingerprint density at radius 3 is 1.05 bits per heavy atom. The van der Waals surface area contributed by atoms with Crippen LogP contribution in [0.1, 0.15) is 329 Å². The number of nitrogens with zero attached hydrogens (tertiary/aromatic N) is 1. The smallest absolute Gasteiger partial charge is 0.306 e. The second kappa shape index (κ2) is 70.9. The van der Waals surface area contributed by atoms with Crippen molar-refractivity contribution in [3.63, 3.8) is 0 Å². The van der Waals surface area contributed by atoms with Gasteiger partial charge in [0.1, 0.15) is 19.3 Å². The molecule has 3 unspecified atom stereocenters. The summed E-state index contributed by atoms with van der Waals surface area (Å²) in [5.74, 6) is -0.553. The molecule has 0 saturated heterocycles. The van der Waals surface area contributed by atoms with Gasteiger partial charge in [0, 0.05) is 12.8 Å². The van der Waals surface area contributed by atoms with Crippen LogP contribution in [0.25, 0.3) is 0 Å². The quantitative estimate of drug-likeness (QED) is 0.0212. The van der Waals surface area contributed by atoms with Crippen LogP contribution in [0.2, 0.25) is 0 Å². The maximum Gasteiger partial charge on any atom is 0.306 e. The summed E-state index contributed by atoms with van der Waals surface area (Å²) in [6, 6.07) is -0.905. The Morgan fingerprint density at radius 2 is 0.688 bits per heavy atom. The molecular formula is C83H145N2O7P. The Morgan fingerprint density at radius 1 is 0.387 bits per heavy atom. The third kappa shape index (κ3) is 72.3. The Balaban J connectivity index is 5.06. The first-order chi connectivity index (χ1) is 45.4. The molecule has 0 aliphatic heterocycles. The molecule has 0 saturated carbocycles. The van der Waals surface area contributed by atoms with E-state index < -0.39 is 26.6 Å². The maximum absolute atomic E-state index is 13.7. The molecule has 93 heavy (non-hydrogen) atoms. The Bertz CT molecular complexity index is 2050. The first-order valence-electron chi connectivity index (χ1n) is 38.5. The van der Waals surface area contributed by atoms with E-state index in [0.29, 0.717) is 23.9 Å². The number of hydrogen-bond acceptors (Lipinski definition) is 7. The Kier molecular flexibility index (Phi) is 68.0. The standard InChI is InChI=1S/C83H145N2O7P/c1-7-10-13-16-19-22-25-28-30-32-34-36-38-40-42-44-46-48-50-52-54-57-60-63-66-69-72-75-82(86)84-80(79-91-93(88,89)90-78-77-85(4,5)6)81(74-71-68-65-62-59-56-27-24-21-18-15-12-9-3)92-83(87)76-73-70-67-64-61-58-55-53-51-49-47-45-43-41-39-37-35-33-31-29-26-23-20-17-14-11-8-2/h11,14,19-20,22-23,28-31,34-37,40-43,47,49,71,74,80-81H,7-10,12-13,15-18,21,24-27,32-33,38-39,44-46,48,50-70,72-73,75-79H2,1-6H3,(H-,84,86,88,89)/b14-11-,22-19-,23-20-,30-28-,31-29-,36-34-,37-35-,42-40-,43-41-,49-47-,74-71+. The molecule has 10 heteroatoms. The zero-order valence-electron chi connectivity index (χ0n) is 61.2.